The minimum absolute atomic E-state index is 0.00566. The van der Waals surface area contributed by atoms with Gasteiger partial charge in [0.25, 0.3) is 5.91 Å². The lowest BCUT2D eigenvalue weighted by Crippen LogP contribution is -2.41. The third-order valence-electron chi connectivity index (χ3n) is 3.65. The van der Waals surface area contributed by atoms with E-state index in [0.29, 0.717) is 5.69 Å². The predicted octanol–water partition coefficient (Wildman–Crippen LogP) is 1.46. The van der Waals surface area contributed by atoms with Gasteiger partial charge < -0.3 is 15.1 Å². The lowest BCUT2D eigenvalue weighted by molar-refractivity contribution is 0.0709. The molecule has 1 amide bonds. The number of carbonyl (C=O) groups is 1. The van der Waals surface area contributed by atoms with Crippen molar-refractivity contribution in [2.24, 2.45) is 0 Å². The number of hydrogen-bond donors (Lipinski definition) is 1. The summed E-state index contributed by atoms with van der Waals surface area (Å²) in [5.41, 5.74) is 0.433. The number of likely N-dealkylation sites (tertiary alicyclic amines) is 1. The maximum Gasteiger partial charge on any atom is 0.274 e. The van der Waals surface area contributed by atoms with Crippen LogP contribution in [0.15, 0.2) is 12.1 Å². The number of aromatic nitrogens is 2. The van der Waals surface area contributed by atoms with Gasteiger partial charge in [-0.25, -0.2) is 0 Å². The number of nitrogens with zero attached hydrogens (tertiary/aromatic N) is 4. The molecule has 1 aromatic heterocycles. The average Bonchev–Trinajstić information content (AvgIpc) is 2.92. The first-order chi connectivity index (χ1) is 10.1. The van der Waals surface area contributed by atoms with Gasteiger partial charge in [-0.15, -0.1) is 10.2 Å². The Morgan fingerprint density at radius 3 is 2.86 bits per heavy atom. The van der Waals surface area contributed by atoms with Gasteiger partial charge in [0.05, 0.1) is 0 Å². The van der Waals surface area contributed by atoms with Gasteiger partial charge in [-0.2, -0.15) is 0 Å². The highest BCUT2D eigenvalue weighted by Gasteiger charge is 2.30. The molecule has 1 aliphatic rings. The molecule has 0 saturated carbocycles. The lowest BCUT2D eigenvalue weighted by Gasteiger charge is -2.26. The molecule has 1 unspecified atom stereocenters. The Morgan fingerprint density at radius 1 is 1.43 bits per heavy atom. The Bertz CT molecular complexity index is 460. The van der Waals surface area contributed by atoms with Crippen LogP contribution < -0.4 is 5.32 Å². The van der Waals surface area contributed by atoms with Crippen LogP contribution in [-0.4, -0.2) is 65.7 Å². The third kappa shape index (κ3) is 4.14. The largest absolute Gasteiger partial charge is 0.369 e. The first-order valence-electron chi connectivity index (χ1n) is 7.65. The summed E-state index contributed by atoms with van der Waals surface area (Å²) in [7, 11) is 4.07. The monoisotopic (exact) mass is 291 g/mol. The molecule has 1 aromatic rings. The molecule has 116 valence electrons. The smallest absolute Gasteiger partial charge is 0.274 e. The fraction of sp³-hybridized carbons (Fsp3) is 0.667. The molecule has 2 rings (SSSR count). The van der Waals surface area contributed by atoms with Crippen LogP contribution >= 0.6 is 0 Å². The van der Waals surface area contributed by atoms with Crippen LogP contribution in [0.3, 0.4) is 0 Å². The molecule has 1 N–H and O–H groups in total. The van der Waals surface area contributed by atoms with Crippen molar-refractivity contribution in [1.29, 1.82) is 0 Å². The van der Waals surface area contributed by atoms with Crippen LogP contribution in [-0.2, 0) is 0 Å². The number of anilines is 1. The van der Waals surface area contributed by atoms with Crippen molar-refractivity contribution in [3.05, 3.63) is 17.8 Å². The van der Waals surface area contributed by atoms with E-state index in [1.807, 2.05) is 25.1 Å². The third-order valence-corrected chi connectivity index (χ3v) is 3.65. The molecule has 0 bridgehead atoms. The van der Waals surface area contributed by atoms with E-state index in [4.69, 9.17) is 0 Å². The van der Waals surface area contributed by atoms with E-state index >= 15 is 0 Å². The molecule has 0 radical (unpaired) electrons. The summed E-state index contributed by atoms with van der Waals surface area (Å²) in [5, 5.41) is 11.3. The molecule has 6 heteroatoms. The van der Waals surface area contributed by atoms with Crippen molar-refractivity contribution >= 4 is 11.7 Å². The highest BCUT2D eigenvalue weighted by molar-refractivity contribution is 5.92. The first-order valence-corrected chi connectivity index (χ1v) is 7.65. The summed E-state index contributed by atoms with van der Waals surface area (Å²) < 4.78 is 0. The van der Waals surface area contributed by atoms with Crippen molar-refractivity contribution in [2.75, 3.05) is 39.0 Å². The fourth-order valence-corrected chi connectivity index (χ4v) is 2.66. The van der Waals surface area contributed by atoms with Crippen molar-refractivity contribution in [2.45, 2.75) is 32.2 Å². The van der Waals surface area contributed by atoms with Crippen molar-refractivity contribution in [3.63, 3.8) is 0 Å². The minimum atomic E-state index is -0.00566. The number of rotatable bonds is 6. The fourth-order valence-electron chi connectivity index (χ4n) is 2.66. The van der Waals surface area contributed by atoms with Gasteiger partial charge in [0, 0.05) is 25.7 Å². The maximum atomic E-state index is 12.5. The normalized spacial score (nSPS) is 18.3. The quantitative estimate of drug-likeness (QED) is 0.860. The van der Waals surface area contributed by atoms with Gasteiger partial charge in [0.1, 0.15) is 5.82 Å². The lowest BCUT2D eigenvalue weighted by atomic mass is 10.2. The second kappa shape index (κ2) is 7.36. The summed E-state index contributed by atoms with van der Waals surface area (Å²) in [6.45, 7) is 4.67. The van der Waals surface area contributed by atoms with Crippen LogP contribution in [0.5, 0.6) is 0 Å². The molecule has 6 nitrogen and oxygen atoms in total. The van der Waals surface area contributed by atoms with Gasteiger partial charge in [-0.3, -0.25) is 4.79 Å². The van der Waals surface area contributed by atoms with Crippen LogP contribution in [0, 0.1) is 0 Å². The van der Waals surface area contributed by atoms with E-state index in [0.717, 1.165) is 44.7 Å². The van der Waals surface area contributed by atoms with Crippen molar-refractivity contribution in [3.8, 4) is 0 Å². The van der Waals surface area contributed by atoms with Gasteiger partial charge in [0.15, 0.2) is 5.69 Å². The minimum Gasteiger partial charge on any atom is -0.369 e. The number of hydrogen-bond acceptors (Lipinski definition) is 5. The van der Waals surface area contributed by atoms with Crippen LogP contribution in [0.1, 0.15) is 36.7 Å². The molecule has 1 atom stereocenters. The molecular weight excluding hydrogens is 266 g/mol. The molecule has 0 aliphatic carbocycles. The highest BCUT2D eigenvalue weighted by atomic mass is 16.2. The van der Waals surface area contributed by atoms with E-state index in [1.165, 1.54) is 0 Å². The van der Waals surface area contributed by atoms with Gasteiger partial charge in [0.2, 0.25) is 0 Å². The number of nitrogens with one attached hydrogen (secondary N) is 1. The Morgan fingerprint density at radius 2 is 2.24 bits per heavy atom. The summed E-state index contributed by atoms with van der Waals surface area (Å²) in [5.74, 6) is 0.716. The molecule has 21 heavy (non-hydrogen) atoms. The van der Waals surface area contributed by atoms with Crippen LogP contribution in [0.4, 0.5) is 5.82 Å². The summed E-state index contributed by atoms with van der Waals surface area (Å²) in [6, 6.07) is 3.87. The number of likely N-dealkylation sites (N-methyl/N-ethyl adjacent to an activating group) is 1. The molecule has 2 heterocycles. The van der Waals surface area contributed by atoms with Crippen molar-refractivity contribution in [1.82, 2.24) is 20.0 Å². The molecule has 1 saturated heterocycles. The standard InChI is InChI=1S/C15H25N5O/c1-4-9-16-14-8-7-13(17-18-14)15(21)20-10-5-6-12(20)11-19(2)3/h7-8,12H,4-6,9-11H2,1-3H3,(H,16,18). The highest BCUT2D eigenvalue weighted by Crippen LogP contribution is 2.20. The van der Waals surface area contributed by atoms with Gasteiger partial charge in [-0.05, 0) is 45.5 Å². The molecule has 0 spiro atoms. The number of carbonyl (C=O) groups excluding carboxylic acids is 1. The topological polar surface area (TPSA) is 61.4 Å². The van der Waals surface area contributed by atoms with E-state index in [9.17, 15) is 4.79 Å². The van der Waals surface area contributed by atoms with Crippen LogP contribution in [0.2, 0.25) is 0 Å². The zero-order valence-electron chi connectivity index (χ0n) is 13.2. The number of amides is 1. The summed E-state index contributed by atoms with van der Waals surface area (Å²) in [6.07, 6.45) is 3.16. The van der Waals surface area contributed by atoms with E-state index in [1.54, 1.807) is 6.07 Å². The Hall–Kier alpha value is -1.69. The Labute approximate surface area is 126 Å². The molecular formula is C15H25N5O. The maximum absolute atomic E-state index is 12.5. The van der Waals surface area contributed by atoms with Gasteiger partial charge >= 0.3 is 0 Å². The Balaban J connectivity index is 2.01. The zero-order valence-corrected chi connectivity index (χ0v) is 13.2. The second-order valence-electron chi connectivity index (χ2n) is 5.79. The summed E-state index contributed by atoms with van der Waals surface area (Å²) >= 11 is 0. The van der Waals surface area contributed by atoms with E-state index in [-0.39, 0.29) is 11.9 Å². The zero-order chi connectivity index (χ0) is 15.2. The summed E-state index contributed by atoms with van der Waals surface area (Å²) in [4.78, 5) is 16.6. The second-order valence-corrected chi connectivity index (χ2v) is 5.79. The SMILES string of the molecule is CCCNc1ccc(C(=O)N2CCCC2CN(C)C)nn1. The Kier molecular flexibility index (Phi) is 5.50. The molecule has 1 aliphatic heterocycles. The van der Waals surface area contributed by atoms with Gasteiger partial charge in [-0.1, -0.05) is 6.92 Å². The molecule has 1 fully saturated rings. The van der Waals surface area contributed by atoms with E-state index in [2.05, 4.69) is 27.3 Å². The average molecular weight is 291 g/mol. The van der Waals surface area contributed by atoms with Crippen LogP contribution in [0.25, 0.3) is 0 Å². The van der Waals surface area contributed by atoms with E-state index < -0.39 is 0 Å². The van der Waals surface area contributed by atoms with Crippen molar-refractivity contribution < 1.29 is 4.79 Å². The molecule has 0 aromatic carbocycles. The first kappa shape index (κ1) is 15.7. The predicted molar refractivity (Wildman–Crippen MR) is 83.4 cm³/mol.